The number of pyridine rings is 1. The Morgan fingerprint density at radius 1 is 0.314 bits per heavy atom. The largest absolute Gasteiger partial charge is 0.507 e. The van der Waals surface area contributed by atoms with Gasteiger partial charge in [-0.05, 0) is 68.1 Å². The Hall–Kier alpha value is -6.77. The summed E-state index contributed by atoms with van der Waals surface area (Å²) < 4.78 is 2.36. The van der Waals surface area contributed by atoms with Crippen molar-refractivity contribution in [2.45, 2.75) is 0 Å². The molecule has 240 valence electrons. The van der Waals surface area contributed by atoms with Crippen LogP contribution in [0.2, 0.25) is 0 Å². The lowest BCUT2D eigenvalue weighted by molar-refractivity contribution is -0.572. The predicted octanol–water partition coefficient (Wildman–Crippen LogP) is 12.3. The van der Waals surface area contributed by atoms with E-state index in [1.165, 1.54) is 0 Å². The van der Waals surface area contributed by atoms with Crippen LogP contribution in [0.25, 0.3) is 83.1 Å². The monoisotopic (exact) mass is 652 g/mol. The molecule has 0 atom stereocenters. The molecule has 0 amide bonds. The minimum atomic E-state index is 0.260. The van der Waals surface area contributed by atoms with Gasteiger partial charge in [-0.25, -0.2) is 0 Å². The Morgan fingerprint density at radius 2 is 0.706 bits per heavy atom. The second-order valence-electron chi connectivity index (χ2n) is 12.9. The van der Waals surface area contributed by atoms with Crippen molar-refractivity contribution >= 4 is 21.5 Å². The first-order chi connectivity index (χ1) is 25.2. The molecule has 51 heavy (non-hydrogen) atoms. The molecule has 2 nitrogen and oxygen atoms in total. The summed E-state index contributed by atoms with van der Waals surface area (Å²) in [5.41, 5.74) is 11.1. The number of aromatic nitrogens is 1. The van der Waals surface area contributed by atoms with Gasteiger partial charge in [-0.15, -0.1) is 0 Å². The molecular weight excluding hydrogens is 619 g/mol. The van der Waals surface area contributed by atoms with Crippen LogP contribution in [0.1, 0.15) is 0 Å². The normalized spacial score (nSPS) is 11.2. The van der Waals surface area contributed by atoms with E-state index in [0.717, 1.165) is 83.1 Å². The minimum Gasteiger partial charge on any atom is -0.507 e. The molecule has 1 N–H and O–H groups in total. The lowest BCUT2D eigenvalue weighted by atomic mass is 9.90. The second-order valence-corrected chi connectivity index (χ2v) is 12.9. The Kier molecular flexibility index (Phi) is 7.68. The molecule has 2 heteroatoms. The van der Waals surface area contributed by atoms with Gasteiger partial charge in [-0.2, -0.15) is 4.57 Å². The fourth-order valence-corrected chi connectivity index (χ4v) is 7.39. The molecule has 0 aliphatic rings. The molecular formula is C49H34NO+. The van der Waals surface area contributed by atoms with E-state index in [2.05, 4.69) is 205 Å². The molecule has 0 aliphatic carbocycles. The molecule has 1 heterocycles. The molecule has 0 radical (unpaired) electrons. The maximum absolute atomic E-state index is 12.4. The van der Waals surface area contributed by atoms with Crippen LogP contribution < -0.4 is 4.57 Å². The Morgan fingerprint density at radius 3 is 1.18 bits per heavy atom. The van der Waals surface area contributed by atoms with Crippen molar-refractivity contribution < 1.29 is 9.67 Å². The number of hydrogen-bond acceptors (Lipinski definition) is 1. The van der Waals surface area contributed by atoms with E-state index in [1.54, 1.807) is 0 Å². The van der Waals surface area contributed by atoms with Gasteiger partial charge in [-0.3, -0.25) is 0 Å². The highest BCUT2D eigenvalue weighted by atomic mass is 16.3. The summed E-state index contributed by atoms with van der Waals surface area (Å²) in [6, 6.07) is 70.1. The van der Waals surface area contributed by atoms with E-state index in [-0.39, 0.29) is 5.75 Å². The zero-order chi connectivity index (χ0) is 34.1. The summed E-state index contributed by atoms with van der Waals surface area (Å²) in [6.07, 6.45) is 0. The zero-order valence-corrected chi connectivity index (χ0v) is 27.9. The number of phenolic OH excluding ortho intramolecular Hbond substituents is 1. The highest BCUT2D eigenvalue weighted by Crippen LogP contribution is 2.44. The van der Waals surface area contributed by atoms with Gasteiger partial charge in [0.05, 0.1) is 0 Å². The van der Waals surface area contributed by atoms with Crippen molar-refractivity contribution in [2.75, 3.05) is 0 Å². The van der Waals surface area contributed by atoms with Crippen molar-refractivity contribution in [1.82, 2.24) is 0 Å². The fraction of sp³-hybridized carbons (Fsp3) is 0. The first-order valence-corrected chi connectivity index (χ1v) is 17.3. The summed E-state index contributed by atoms with van der Waals surface area (Å²) in [7, 11) is 0. The van der Waals surface area contributed by atoms with Gasteiger partial charge >= 0.3 is 0 Å². The average molecular weight is 653 g/mol. The fourth-order valence-electron chi connectivity index (χ4n) is 7.39. The number of hydrogen-bond donors (Lipinski definition) is 1. The van der Waals surface area contributed by atoms with Crippen LogP contribution in [0.3, 0.4) is 0 Å². The van der Waals surface area contributed by atoms with E-state index in [0.29, 0.717) is 0 Å². The first kappa shape index (κ1) is 30.3. The number of aromatic hydroxyl groups is 1. The SMILES string of the molecule is Oc1c(-c2cccc3ccccc23)cc(-[n+]2c(-c3ccccc3)cc(-c3ccccc3)cc2-c2ccccc2)cc1-c1cccc2ccccc12. The van der Waals surface area contributed by atoms with Crippen molar-refractivity contribution in [3.05, 3.63) is 200 Å². The summed E-state index contributed by atoms with van der Waals surface area (Å²) in [6.45, 7) is 0. The van der Waals surface area contributed by atoms with E-state index in [4.69, 9.17) is 0 Å². The van der Waals surface area contributed by atoms with E-state index in [1.807, 2.05) is 0 Å². The van der Waals surface area contributed by atoms with E-state index in [9.17, 15) is 5.11 Å². The average Bonchev–Trinajstić information content (AvgIpc) is 3.21. The van der Waals surface area contributed by atoms with Crippen LogP contribution in [0.5, 0.6) is 5.75 Å². The number of benzene rings is 8. The topological polar surface area (TPSA) is 24.1 Å². The standard InChI is InChI=1S/C49H33NO/c51-49-45(43-28-14-24-35-18-10-12-26-41(35)43)32-40(33-46(49)44-29-15-25-36-19-11-13-27-42(36)44)50-47(37-20-6-2-7-21-37)30-39(34-16-4-1-5-17-34)31-48(50)38-22-8-3-9-23-38/h1-33H/p+1. The predicted molar refractivity (Wildman–Crippen MR) is 212 cm³/mol. The van der Waals surface area contributed by atoms with Gasteiger partial charge in [0.25, 0.3) is 0 Å². The van der Waals surface area contributed by atoms with Gasteiger partial charge < -0.3 is 5.11 Å². The van der Waals surface area contributed by atoms with Crippen molar-refractivity contribution in [2.24, 2.45) is 0 Å². The smallest absolute Gasteiger partial charge is 0.219 e. The third kappa shape index (κ3) is 5.53. The Balaban J connectivity index is 1.43. The van der Waals surface area contributed by atoms with Gasteiger partial charge in [-0.1, -0.05) is 152 Å². The summed E-state index contributed by atoms with van der Waals surface area (Å²) >= 11 is 0. The highest BCUT2D eigenvalue weighted by molar-refractivity contribution is 6.03. The van der Waals surface area contributed by atoms with Gasteiger partial charge in [0, 0.05) is 46.5 Å². The molecule has 0 bridgehead atoms. The third-order valence-electron chi connectivity index (χ3n) is 9.82. The van der Waals surface area contributed by atoms with Crippen LogP contribution >= 0.6 is 0 Å². The Labute approximate surface area is 297 Å². The third-order valence-corrected chi connectivity index (χ3v) is 9.82. The van der Waals surface area contributed by atoms with Gasteiger partial charge in [0.2, 0.25) is 17.1 Å². The molecule has 9 aromatic rings. The van der Waals surface area contributed by atoms with Gasteiger partial charge in [0.15, 0.2) is 0 Å². The maximum atomic E-state index is 12.4. The molecule has 0 spiro atoms. The molecule has 9 rings (SSSR count). The van der Waals surface area contributed by atoms with Crippen molar-refractivity contribution in [3.8, 4) is 67.3 Å². The van der Waals surface area contributed by atoms with Crippen molar-refractivity contribution in [3.63, 3.8) is 0 Å². The van der Waals surface area contributed by atoms with Crippen LogP contribution in [0.4, 0.5) is 0 Å². The van der Waals surface area contributed by atoms with Crippen LogP contribution in [-0.2, 0) is 0 Å². The lowest BCUT2D eigenvalue weighted by Gasteiger charge is -2.17. The first-order valence-electron chi connectivity index (χ1n) is 17.3. The number of fused-ring (bicyclic) bond motifs is 2. The maximum Gasteiger partial charge on any atom is 0.219 e. The highest BCUT2D eigenvalue weighted by Gasteiger charge is 2.28. The molecule has 0 fully saturated rings. The van der Waals surface area contributed by atoms with Gasteiger partial charge in [0.1, 0.15) is 5.75 Å². The van der Waals surface area contributed by atoms with E-state index < -0.39 is 0 Å². The van der Waals surface area contributed by atoms with Crippen molar-refractivity contribution in [1.29, 1.82) is 0 Å². The molecule has 0 saturated heterocycles. The molecule has 0 saturated carbocycles. The molecule has 0 unspecified atom stereocenters. The summed E-state index contributed by atoms with van der Waals surface area (Å²) in [4.78, 5) is 0. The number of phenols is 1. The van der Waals surface area contributed by atoms with E-state index >= 15 is 0 Å². The number of rotatable bonds is 6. The second kappa shape index (κ2) is 12.9. The zero-order valence-electron chi connectivity index (χ0n) is 27.9. The summed E-state index contributed by atoms with van der Waals surface area (Å²) in [5, 5.41) is 16.9. The van der Waals surface area contributed by atoms with Crippen LogP contribution in [0.15, 0.2) is 200 Å². The van der Waals surface area contributed by atoms with Crippen LogP contribution in [-0.4, -0.2) is 5.11 Å². The number of nitrogens with zero attached hydrogens (tertiary/aromatic N) is 1. The minimum absolute atomic E-state index is 0.260. The Bertz CT molecular complexity index is 2510. The molecule has 8 aromatic carbocycles. The lowest BCUT2D eigenvalue weighted by Crippen LogP contribution is -2.36. The molecule has 0 aliphatic heterocycles. The quantitative estimate of drug-likeness (QED) is 0.178. The molecule has 1 aromatic heterocycles. The van der Waals surface area contributed by atoms with Crippen LogP contribution in [0, 0.1) is 0 Å². The summed E-state index contributed by atoms with van der Waals surface area (Å²) in [5.74, 6) is 0.260.